The summed E-state index contributed by atoms with van der Waals surface area (Å²) in [5, 5.41) is 7.75. The lowest BCUT2D eigenvalue weighted by Gasteiger charge is -2.03. The number of imidazole rings is 1. The molecule has 19 heavy (non-hydrogen) atoms. The Kier molecular flexibility index (Phi) is 1.85. The second kappa shape index (κ2) is 3.52. The van der Waals surface area contributed by atoms with E-state index in [1.807, 2.05) is 18.2 Å². The highest BCUT2D eigenvalue weighted by Gasteiger charge is 2.12. The van der Waals surface area contributed by atoms with Crippen molar-refractivity contribution >= 4 is 22.1 Å². The number of hydrogen-bond donors (Lipinski definition) is 2. The molecule has 2 N–H and O–H groups in total. The molecule has 0 atom stereocenters. The quantitative estimate of drug-likeness (QED) is 0.528. The van der Waals surface area contributed by atoms with Gasteiger partial charge in [0, 0.05) is 5.39 Å². The molecule has 0 spiro atoms. The van der Waals surface area contributed by atoms with Gasteiger partial charge >= 0.3 is 5.69 Å². The van der Waals surface area contributed by atoms with Gasteiger partial charge < -0.3 is 0 Å². The number of nitrogens with zero attached hydrogens (tertiary/aromatic N) is 4. The van der Waals surface area contributed by atoms with Crippen molar-refractivity contribution in [3.05, 3.63) is 47.4 Å². The van der Waals surface area contributed by atoms with Crippen molar-refractivity contribution in [2.24, 2.45) is 0 Å². The van der Waals surface area contributed by atoms with Crippen LogP contribution in [-0.2, 0) is 0 Å². The zero-order valence-electron chi connectivity index (χ0n) is 9.66. The maximum absolute atomic E-state index is 12.1. The molecule has 0 saturated carbocycles. The van der Waals surface area contributed by atoms with E-state index in [1.54, 1.807) is 17.0 Å². The van der Waals surface area contributed by atoms with Crippen molar-refractivity contribution in [3.63, 3.8) is 0 Å². The largest absolute Gasteiger partial charge is 0.332 e. The van der Waals surface area contributed by atoms with Gasteiger partial charge in [0.2, 0.25) is 0 Å². The van der Waals surface area contributed by atoms with Crippen LogP contribution in [0.4, 0.5) is 0 Å². The minimum atomic E-state index is -0.246. The van der Waals surface area contributed by atoms with Crippen LogP contribution in [0.5, 0.6) is 0 Å². The van der Waals surface area contributed by atoms with Crippen LogP contribution < -0.4 is 5.69 Å². The second-order valence-corrected chi connectivity index (χ2v) is 4.13. The summed E-state index contributed by atoms with van der Waals surface area (Å²) in [5.41, 5.74) is 2.53. The van der Waals surface area contributed by atoms with E-state index in [0.717, 1.165) is 16.6 Å². The molecule has 0 aliphatic carbocycles. The van der Waals surface area contributed by atoms with Gasteiger partial charge in [0.05, 0.1) is 23.6 Å². The fourth-order valence-corrected chi connectivity index (χ4v) is 2.24. The van der Waals surface area contributed by atoms with Gasteiger partial charge in [-0.2, -0.15) is 5.10 Å². The molecule has 1 aromatic carbocycles. The van der Waals surface area contributed by atoms with Gasteiger partial charge in [-0.3, -0.25) is 14.6 Å². The molecule has 0 bridgehead atoms. The van der Waals surface area contributed by atoms with Gasteiger partial charge in [0.25, 0.3) is 0 Å². The fourth-order valence-electron chi connectivity index (χ4n) is 2.24. The maximum atomic E-state index is 12.1. The summed E-state index contributed by atoms with van der Waals surface area (Å²) >= 11 is 0. The SMILES string of the molecule is O=c1[nH]c2ncncc2n1-c1cccc2[nH]ncc12. The van der Waals surface area contributed by atoms with E-state index in [9.17, 15) is 4.79 Å². The molecule has 0 saturated heterocycles. The van der Waals surface area contributed by atoms with Gasteiger partial charge in [-0.1, -0.05) is 6.07 Å². The van der Waals surface area contributed by atoms with Crippen molar-refractivity contribution in [2.75, 3.05) is 0 Å². The fraction of sp³-hybridized carbons (Fsp3) is 0. The number of aromatic amines is 2. The average molecular weight is 252 g/mol. The van der Waals surface area contributed by atoms with E-state index >= 15 is 0 Å². The Hall–Kier alpha value is -2.96. The number of hydrogen-bond acceptors (Lipinski definition) is 4. The third-order valence-corrected chi connectivity index (χ3v) is 3.06. The first-order chi connectivity index (χ1) is 9.34. The molecule has 0 unspecified atom stereocenters. The van der Waals surface area contributed by atoms with Crippen molar-refractivity contribution in [1.82, 2.24) is 29.7 Å². The lowest BCUT2D eigenvalue weighted by atomic mass is 10.2. The topological polar surface area (TPSA) is 92.2 Å². The van der Waals surface area contributed by atoms with Crippen LogP contribution in [0.3, 0.4) is 0 Å². The molecule has 4 aromatic rings. The Balaban J connectivity index is 2.18. The summed E-state index contributed by atoms with van der Waals surface area (Å²) in [6, 6.07) is 5.63. The minimum Gasteiger partial charge on any atom is -0.290 e. The highest BCUT2D eigenvalue weighted by Crippen LogP contribution is 2.21. The van der Waals surface area contributed by atoms with E-state index in [0.29, 0.717) is 11.2 Å². The number of rotatable bonds is 1. The normalized spacial score (nSPS) is 11.4. The highest BCUT2D eigenvalue weighted by atomic mass is 16.1. The van der Waals surface area contributed by atoms with Gasteiger partial charge in [-0.25, -0.2) is 14.8 Å². The van der Waals surface area contributed by atoms with E-state index in [4.69, 9.17) is 0 Å². The van der Waals surface area contributed by atoms with Crippen LogP contribution in [0.2, 0.25) is 0 Å². The Labute approximate surface area is 105 Å². The molecule has 4 rings (SSSR count). The minimum absolute atomic E-state index is 0.246. The van der Waals surface area contributed by atoms with Crippen molar-refractivity contribution < 1.29 is 0 Å². The first kappa shape index (κ1) is 10.0. The Morgan fingerprint density at radius 3 is 3.11 bits per heavy atom. The van der Waals surface area contributed by atoms with Crippen LogP contribution in [0.15, 0.2) is 41.7 Å². The monoisotopic (exact) mass is 252 g/mol. The Morgan fingerprint density at radius 1 is 1.21 bits per heavy atom. The lowest BCUT2D eigenvalue weighted by Crippen LogP contribution is -2.14. The zero-order valence-corrected chi connectivity index (χ0v) is 9.66. The van der Waals surface area contributed by atoms with E-state index < -0.39 is 0 Å². The predicted molar refractivity (Wildman–Crippen MR) is 69.1 cm³/mol. The Bertz CT molecular complexity index is 947. The summed E-state index contributed by atoms with van der Waals surface area (Å²) in [4.78, 5) is 22.8. The van der Waals surface area contributed by atoms with Gasteiger partial charge in [-0.05, 0) is 12.1 Å². The van der Waals surface area contributed by atoms with Gasteiger partial charge in [0.1, 0.15) is 11.8 Å². The maximum Gasteiger partial charge on any atom is 0.332 e. The number of nitrogens with one attached hydrogen (secondary N) is 2. The second-order valence-electron chi connectivity index (χ2n) is 4.13. The number of aromatic nitrogens is 6. The van der Waals surface area contributed by atoms with Crippen LogP contribution in [0.1, 0.15) is 0 Å². The standard InChI is InChI=1S/C12H8N6O/c19-12-16-11-10(5-13-6-14-11)18(12)9-3-1-2-8-7(9)4-15-17-8/h1-6H,(H,15,17)(H,13,14,16,19). The molecule has 0 aliphatic heterocycles. The smallest absolute Gasteiger partial charge is 0.290 e. The molecular formula is C12H8N6O. The number of fused-ring (bicyclic) bond motifs is 2. The number of benzene rings is 1. The van der Waals surface area contributed by atoms with Gasteiger partial charge in [-0.15, -0.1) is 0 Å². The first-order valence-corrected chi connectivity index (χ1v) is 5.68. The first-order valence-electron chi connectivity index (χ1n) is 5.68. The third kappa shape index (κ3) is 1.32. The third-order valence-electron chi connectivity index (χ3n) is 3.06. The lowest BCUT2D eigenvalue weighted by molar-refractivity contribution is 1.02. The van der Waals surface area contributed by atoms with E-state index in [1.165, 1.54) is 6.33 Å². The highest BCUT2D eigenvalue weighted by molar-refractivity contribution is 5.88. The average Bonchev–Trinajstić information content (AvgIpc) is 3.01. The molecular weight excluding hydrogens is 244 g/mol. The molecule has 0 amide bonds. The molecule has 92 valence electrons. The summed E-state index contributed by atoms with van der Waals surface area (Å²) < 4.78 is 1.55. The molecule has 0 radical (unpaired) electrons. The number of H-pyrrole nitrogens is 2. The van der Waals surface area contributed by atoms with E-state index in [-0.39, 0.29) is 5.69 Å². The molecule has 0 fully saturated rings. The molecule has 3 aromatic heterocycles. The van der Waals surface area contributed by atoms with Crippen molar-refractivity contribution in [1.29, 1.82) is 0 Å². The molecule has 3 heterocycles. The summed E-state index contributed by atoms with van der Waals surface area (Å²) in [6.45, 7) is 0. The van der Waals surface area contributed by atoms with Crippen LogP contribution in [-0.4, -0.2) is 29.7 Å². The van der Waals surface area contributed by atoms with Gasteiger partial charge in [0.15, 0.2) is 5.65 Å². The Morgan fingerprint density at radius 2 is 2.16 bits per heavy atom. The summed E-state index contributed by atoms with van der Waals surface area (Å²) in [7, 11) is 0. The van der Waals surface area contributed by atoms with E-state index in [2.05, 4.69) is 25.1 Å². The van der Waals surface area contributed by atoms with Crippen LogP contribution >= 0.6 is 0 Å². The van der Waals surface area contributed by atoms with Crippen LogP contribution in [0.25, 0.3) is 27.8 Å². The predicted octanol–water partition coefficient (Wildman–Crippen LogP) is 0.985. The van der Waals surface area contributed by atoms with Crippen molar-refractivity contribution in [2.45, 2.75) is 0 Å². The molecule has 0 aliphatic rings. The zero-order chi connectivity index (χ0) is 12.8. The van der Waals surface area contributed by atoms with Crippen LogP contribution in [0, 0.1) is 0 Å². The van der Waals surface area contributed by atoms with Crippen molar-refractivity contribution in [3.8, 4) is 5.69 Å². The summed E-state index contributed by atoms with van der Waals surface area (Å²) in [6.07, 6.45) is 4.71. The summed E-state index contributed by atoms with van der Waals surface area (Å²) in [5.74, 6) is 0. The molecule has 7 nitrogen and oxygen atoms in total. The molecule has 7 heteroatoms.